The third-order valence-corrected chi connectivity index (χ3v) is 9.54. The predicted molar refractivity (Wildman–Crippen MR) is 122 cm³/mol. The first-order valence-electron chi connectivity index (χ1n) is 11.3. The van der Waals surface area contributed by atoms with E-state index in [4.69, 9.17) is 0 Å². The molecule has 0 atom stereocenters. The van der Waals surface area contributed by atoms with Gasteiger partial charge in [0.05, 0.1) is 4.90 Å². The van der Waals surface area contributed by atoms with Crippen molar-refractivity contribution in [2.75, 3.05) is 12.4 Å². The SMILES string of the molecule is CC(=O)Nc1ccc(-c2ccc(S(=O)(=O)N(C)C3C4CC5CC(C4)CC3C5)cc2)cc1. The van der Waals surface area contributed by atoms with Gasteiger partial charge in [0.15, 0.2) is 0 Å². The quantitative estimate of drug-likeness (QED) is 0.732. The average Bonchev–Trinajstić information content (AvgIpc) is 2.73. The summed E-state index contributed by atoms with van der Waals surface area (Å²) in [5.41, 5.74) is 2.67. The number of carbonyl (C=O) groups excluding carboxylic acids is 1. The molecular weight excluding hydrogens is 408 g/mol. The molecule has 4 aliphatic carbocycles. The largest absolute Gasteiger partial charge is 0.326 e. The van der Waals surface area contributed by atoms with Crippen molar-refractivity contribution >= 4 is 21.6 Å². The predicted octanol–water partition coefficient (Wildman–Crippen LogP) is 4.76. The highest BCUT2D eigenvalue weighted by Gasteiger charge is 2.51. The molecule has 4 saturated carbocycles. The van der Waals surface area contributed by atoms with Crippen LogP contribution in [0.25, 0.3) is 11.1 Å². The molecular formula is C25H30N2O3S. The highest BCUT2D eigenvalue weighted by atomic mass is 32.2. The van der Waals surface area contributed by atoms with Gasteiger partial charge in [-0.2, -0.15) is 4.31 Å². The molecule has 0 radical (unpaired) electrons. The van der Waals surface area contributed by atoms with Crippen molar-refractivity contribution in [1.29, 1.82) is 0 Å². The Balaban J connectivity index is 1.34. The molecule has 5 nitrogen and oxygen atoms in total. The molecule has 4 aliphatic rings. The van der Waals surface area contributed by atoms with Gasteiger partial charge in [0, 0.05) is 25.7 Å². The smallest absolute Gasteiger partial charge is 0.243 e. The second-order valence-electron chi connectivity index (χ2n) is 9.73. The van der Waals surface area contributed by atoms with Crippen molar-refractivity contribution in [1.82, 2.24) is 4.31 Å². The number of amides is 1. The van der Waals surface area contributed by atoms with Crippen LogP contribution in [0.15, 0.2) is 53.4 Å². The van der Waals surface area contributed by atoms with Gasteiger partial charge in [-0.1, -0.05) is 24.3 Å². The number of anilines is 1. The van der Waals surface area contributed by atoms with Crippen LogP contribution >= 0.6 is 0 Å². The van der Waals surface area contributed by atoms with E-state index in [-0.39, 0.29) is 11.9 Å². The first-order chi connectivity index (χ1) is 14.8. The number of rotatable bonds is 5. The van der Waals surface area contributed by atoms with E-state index < -0.39 is 10.0 Å². The van der Waals surface area contributed by atoms with E-state index in [1.54, 1.807) is 23.5 Å². The molecule has 164 valence electrons. The molecule has 31 heavy (non-hydrogen) atoms. The number of sulfonamides is 1. The maximum Gasteiger partial charge on any atom is 0.243 e. The van der Waals surface area contributed by atoms with Crippen LogP contribution < -0.4 is 5.32 Å². The van der Waals surface area contributed by atoms with Gasteiger partial charge in [0.1, 0.15) is 0 Å². The molecule has 0 aromatic heterocycles. The Labute approximate surface area is 184 Å². The lowest BCUT2D eigenvalue weighted by atomic mass is 9.54. The van der Waals surface area contributed by atoms with Crippen LogP contribution in [-0.4, -0.2) is 31.7 Å². The number of benzene rings is 2. The summed E-state index contributed by atoms with van der Waals surface area (Å²) in [5, 5.41) is 2.75. The maximum absolute atomic E-state index is 13.4. The van der Waals surface area contributed by atoms with Gasteiger partial charge in [-0.25, -0.2) is 8.42 Å². The van der Waals surface area contributed by atoms with E-state index in [1.165, 1.54) is 39.0 Å². The van der Waals surface area contributed by atoms with Gasteiger partial charge >= 0.3 is 0 Å². The molecule has 2 aromatic carbocycles. The monoisotopic (exact) mass is 438 g/mol. The lowest BCUT2D eigenvalue weighted by Crippen LogP contribution is -2.56. The van der Waals surface area contributed by atoms with E-state index in [9.17, 15) is 13.2 Å². The van der Waals surface area contributed by atoms with E-state index >= 15 is 0 Å². The third-order valence-electron chi connectivity index (χ3n) is 7.67. The van der Waals surface area contributed by atoms with Crippen molar-refractivity contribution in [3.63, 3.8) is 0 Å². The number of carbonyl (C=O) groups is 1. The molecule has 1 amide bonds. The van der Waals surface area contributed by atoms with Crippen LogP contribution in [0, 0.1) is 23.7 Å². The fourth-order valence-electron chi connectivity index (χ4n) is 6.59. The molecule has 0 heterocycles. The van der Waals surface area contributed by atoms with Crippen LogP contribution in [0.1, 0.15) is 39.0 Å². The summed E-state index contributed by atoms with van der Waals surface area (Å²) in [4.78, 5) is 11.5. The number of nitrogens with one attached hydrogen (secondary N) is 1. The Morgan fingerprint density at radius 1 is 0.839 bits per heavy atom. The highest BCUT2D eigenvalue weighted by Crippen LogP contribution is 2.55. The van der Waals surface area contributed by atoms with Crippen molar-refractivity contribution in [3.8, 4) is 11.1 Å². The molecule has 2 aromatic rings. The Morgan fingerprint density at radius 3 is 1.81 bits per heavy atom. The zero-order valence-electron chi connectivity index (χ0n) is 18.1. The summed E-state index contributed by atoms with van der Waals surface area (Å²) in [6, 6.07) is 14.9. The van der Waals surface area contributed by atoms with Gasteiger partial charge in [-0.3, -0.25) is 4.79 Å². The Kier molecular flexibility index (Phi) is 5.18. The zero-order valence-corrected chi connectivity index (χ0v) is 18.9. The molecule has 4 bridgehead atoms. The fourth-order valence-corrected chi connectivity index (χ4v) is 8.06. The number of nitrogens with zero attached hydrogens (tertiary/aromatic N) is 1. The maximum atomic E-state index is 13.4. The lowest BCUT2D eigenvalue weighted by Gasteiger charge is -2.56. The van der Waals surface area contributed by atoms with E-state index in [1.807, 2.05) is 36.4 Å². The molecule has 0 spiro atoms. The number of hydrogen-bond donors (Lipinski definition) is 1. The first-order valence-corrected chi connectivity index (χ1v) is 12.7. The second-order valence-corrected chi connectivity index (χ2v) is 11.7. The van der Waals surface area contributed by atoms with E-state index in [0.29, 0.717) is 16.7 Å². The van der Waals surface area contributed by atoms with Gasteiger partial charge in [-0.15, -0.1) is 0 Å². The highest BCUT2D eigenvalue weighted by molar-refractivity contribution is 7.89. The summed E-state index contributed by atoms with van der Waals surface area (Å²) >= 11 is 0. The minimum Gasteiger partial charge on any atom is -0.326 e. The summed E-state index contributed by atoms with van der Waals surface area (Å²) < 4.78 is 28.6. The summed E-state index contributed by atoms with van der Waals surface area (Å²) in [7, 11) is -1.73. The van der Waals surface area contributed by atoms with Gasteiger partial charge in [-0.05, 0) is 91.2 Å². The Morgan fingerprint density at radius 2 is 1.32 bits per heavy atom. The Bertz CT molecular complexity index is 1050. The minimum atomic E-state index is -3.52. The summed E-state index contributed by atoms with van der Waals surface area (Å²) in [6.07, 6.45) is 6.16. The molecule has 0 aliphatic heterocycles. The fraction of sp³-hybridized carbons (Fsp3) is 0.480. The van der Waals surface area contributed by atoms with Crippen LogP contribution in [0.2, 0.25) is 0 Å². The van der Waals surface area contributed by atoms with E-state index in [2.05, 4.69) is 5.32 Å². The first kappa shape index (κ1) is 20.7. The van der Waals surface area contributed by atoms with Crippen LogP contribution in [0.4, 0.5) is 5.69 Å². The summed E-state index contributed by atoms with van der Waals surface area (Å²) in [6.45, 7) is 1.48. The normalized spacial score (nSPS) is 29.3. The van der Waals surface area contributed by atoms with Crippen molar-refractivity contribution < 1.29 is 13.2 Å². The Hall–Kier alpha value is -2.18. The standard InChI is InChI=1S/C25H30N2O3S/c1-16(28)26-23-7-3-19(4-8-23)20-5-9-24(10-6-20)31(29,30)27(2)25-21-12-17-11-18(14-21)15-22(25)13-17/h3-10,17-18,21-22,25H,11-15H2,1-2H3,(H,26,28). The third kappa shape index (κ3) is 3.80. The molecule has 6 heteroatoms. The minimum absolute atomic E-state index is 0.106. The van der Waals surface area contributed by atoms with Gasteiger partial charge in [0.2, 0.25) is 15.9 Å². The van der Waals surface area contributed by atoms with Crippen molar-refractivity contribution in [2.45, 2.75) is 50.0 Å². The van der Waals surface area contributed by atoms with Crippen molar-refractivity contribution in [2.24, 2.45) is 23.7 Å². The zero-order chi connectivity index (χ0) is 21.8. The second kappa shape index (κ2) is 7.75. The molecule has 0 unspecified atom stereocenters. The number of hydrogen-bond acceptors (Lipinski definition) is 3. The van der Waals surface area contributed by atoms with Gasteiger partial charge < -0.3 is 5.32 Å². The molecule has 6 rings (SSSR count). The topological polar surface area (TPSA) is 66.5 Å². The molecule has 4 fully saturated rings. The molecule has 1 N–H and O–H groups in total. The molecule has 0 saturated heterocycles. The van der Waals surface area contributed by atoms with Gasteiger partial charge in [0.25, 0.3) is 0 Å². The average molecular weight is 439 g/mol. The summed E-state index contributed by atoms with van der Waals surface area (Å²) in [5.74, 6) is 2.60. The van der Waals surface area contributed by atoms with Crippen LogP contribution in [0.5, 0.6) is 0 Å². The van der Waals surface area contributed by atoms with Crippen molar-refractivity contribution in [3.05, 3.63) is 48.5 Å². The van der Waals surface area contributed by atoms with Crippen LogP contribution in [0.3, 0.4) is 0 Å². The van der Waals surface area contributed by atoms with E-state index in [0.717, 1.165) is 28.7 Å². The lowest BCUT2D eigenvalue weighted by molar-refractivity contribution is -0.114. The van der Waals surface area contributed by atoms with Crippen LogP contribution in [-0.2, 0) is 14.8 Å².